The molecule has 0 saturated carbocycles. The highest BCUT2D eigenvalue weighted by Crippen LogP contribution is 2.12. The number of ether oxygens (including phenoxy) is 1. The highest BCUT2D eigenvalue weighted by Gasteiger charge is 2.05. The second-order valence-corrected chi connectivity index (χ2v) is 5.78. The number of rotatable bonds is 4. The molecular weight excluding hydrogens is 298 g/mol. The normalized spacial score (nSPS) is 23.5. The molecule has 1 N–H and O–H groups in total. The van der Waals surface area contributed by atoms with Gasteiger partial charge in [-0.1, -0.05) is 61.6 Å². The lowest BCUT2D eigenvalue weighted by atomic mass is 10.1. The van der Waals surface area contributed by atoms with E-state index in [0.717, 1.165) is 16.8 Å². The van der Waals surface area contributed by atoms with E-state index in [4.69, 9.17) is 4.74 Å². The molecule has 1 aliphatic carbocycles. The number of aryl methyl sites for hydroxylation is 1. The number of nitrogens with one attached hydrogen (secondary N) is 1. The van der Waals surface area contributed by atoms with Crippen molar-refractivity contribution >= 4 is 11.6 Å². The van der Waals surface area contributed by atoms with Gasteiger partial charge in [0.2, 0.25) is 0 Å². The van der Waals surface area contributed by atoms with Gasteiger partial charge in [0.1, 0.15) is 5.76 Å². The van der Waals surface area contributed by atoms with Gasteiger partial charge in [-0.3, -0.25) is 4.79 Å². The van der Waals surface area contributed by atoms with E-state index in [9.17, 15) is 4.79 Å². The number of carbonyl (C=O) groups is 1. The van der Waals surface area contributed by atoms with Crippen LogP contribution in [0.2, 0.25) is 0 Å². The maximum Gasteiger partial charge on any atom is 0.262 e. The summed E-state index contributed by atoms with van der Waals surface area (Å²) in [5.74, 6) is 0.677. The van der Waals surface area contributed by atoms with Crippen LogP contribution < -0.4 is 5.32 Å². The Labute approximate surface area is 143 Å². The lowest BCUT2D eigenvalue weighted by Gasteiger charge is -2.10. The molecule has 0 saturated heterocycles. The van der Waals surface area contributed by atoms with Crippen LogP contribution in [0.25, 0.3) is 0 Å². The lowest BCUT2D eigenvalue weighted by Crippen LogP contribution is -2.18. The molecular formula is C21H23NO2. The minimum Gasteiger partial charge on any atom is -0.484 e. The van der Waals surface area contributed by atoms with Gasteiger partial charge < -0.3 is 10.1 Å². The van der Waals surface area contributed by atoms with E-state index < -0.39 is 0 Å². The third kappa shape index (κ3) is 6.13. The summed E-state index contributed by atoms with van der Waals surface area (Å²) in [6, 6.07) is 7.66. The van der Waals surface area contributed by atoms with Crippen molar-refractivity contribution < 1.29 is 9.53 Å². The van der Waals surface area contributed by atoms with E-state index in [1.807, 2.05) is 67.6 Å². The van der Waals surface area contributed by atoms with E-state index in [0.29, 0.717) is 5.76 Å². The molecule has 1 aromatic rings. The predicted molar refractivity (Wildman–Crippen MR) is 99.6 cm³/mol. The summed E-state index contributed by atoms with van der Waals surface area (Å²) in [4.78, 5) is 12.0. The fourth-order valence-electron chi connectivity index (χ4n) is 2.11. The molecule has 0 aromatic heterocycles. The number of amides is 1. The summed E-state index contributed by atoms with van der Waals surface area (Å²) < 4.78 is 5.65. The maximum absolute atomic E-state index is 12.0. The zero-order valence-electron chi connectivity index (χ0n) is 14.2. The Bertz CT molecular complexity index is 706. The first kappa shape index (κ1) is 17.5. The Kier molecular flexibility index (Phi) is 6.38. The molecule has 124 valence electrons. The first-order chi connectivity index (χ1) is 11.5. The van der Waals surface area contributed by atoms with Crippen molar-refractivity contribution in [1.29, 1.82) is 0 Å². The Morgan fingerprint density at radius 2 is 1.92 bits per heavy atom. The van der Waals surface area contributed by atoms with Crippen LogP contribution in [-0.2, 0) is 9.53 Å². The number of benzene rings is 1. The van der Waals surface area contributed by atoms with E-state index >= 15 is 0 Å². The van der Waals surface area contributed by atoms with Crippen LogP contribution in [0.4, 0.5) is 5.69 Å². The summed E-state index contributed by atoms with van der Waals surface area (Å²) in [5, 5.41) is 2.82. The molecule has 3 heteroatoms. The van der Waals surface area contributed by atoms with Gasteiger partial charge in [0.25, 0.3) is 5.91 Å². The SMILES string of the molecule is C=C1/C=C\C=C/C(C)/C=C(OCC(=O)Nc2ccc(C)cc2)\C=C/1. The van der Waals surface area contributed by atoms with Gasteiger partial charge in [-0.15, -0.1) is 0 Å². The van der Waals surface area contributed by atoms with Crippen molar-refractivity contribution in [2.45, 2.75) is 13.8 Å². The number of hydrogen-bond donors (Lipinski definition) is 1. The van der Waals surface area contributed by atoms with Gasteiger partial charge in [-0.2, -0.15) is 0 Å². The molecule has 1 aromatic carbocycles. The van der Waals surface area contributed by atoms with Crippen molar-refractivity contribution in [2.24, 2.45) is 5.92 Å². The van der Waals surface area contributed by atoms with E-state index in [2.05, 4.69) is 24.9 Å². The minimum absolute atomic E-state index is 0.0389. The van der Waals surface area contributed by atoms with Crippen LogP contribution in [-0.4, -0.2) is 12.5 Å². The second kappa shape index (κ2) is 8.73. The van der Waals surface area contributed by atoms with E-state index in [1.54, 1.807) is 0 Å². The molecule has 0 heterocycles. The summed E-state index contributed by atoms with van der Waals surface area (Å²) >= 11 is 0. The van der Waals surface area contributed by atoms with Gasteiger partial charge in [-0.05, 0) is 42.7 Å². The average molecular weight is 321 g/mol. The summed E-state index contributed by atoms with van der Waals surface area (Å²) in [7, 11) is 0. The summed E-state index contributed by atoms with van der Waals surface area (Å²) in [6.07, 6.45) is 13.6. The summed E-state index contributed by atoms with van der Waals surface area (Å²) in [6.45, 7) is 7.96. The van der Waals surface area contributed by atoms with E-state index in [1.165, 1.54) is 0 Å². The average Bonchev–Trinajstić information content (AvgIpc) is 2.56. The van der Waals surface area contributed by atoms with Crippen molar-refractivity contribution in [3.8, 4) is 0 Å². The van der Waals surface area contributed by atoms with Crippen molar-refractivity contribution in [1.82, 2.24) is 0 Å². The third-order valence-electron chi connectivity index (χ3n) is 3.43. The molecule has 1 atom stereocenters. The van der Waals surface area contributed by atoms with Crippen molar-refractivity contribution in [3.63, 3.8) is 0 Å². The first-order valence-corrected chi connectivity index (χ1v) is 7.96. The highest BCUT2D eigenvalue weighted by molar-refractivity contribution is 5.91. The number of anilines is 1. The topological polar surface area (TPSA) is 38.3 Å². The largest absolute Gasteiger partial charge is 0.484 e. The fourth-order valence-corrected chi connectivity index (χ4v) is 2.11. The Morgan fingerprint density at radius 1 is 1.17 bits per heavy atom. The molecule has 3 nitrogen and oxygen atoms in total. The molecule has 1 unspecified atom stereocenters. The molecule has 2 rings (SSSR count). The molecule has 0 aliphatic heterocycles. The number of carbonyl (C=O) groups excluding carboxylic acids is 1. The van der Waals surface area contributed by atoms with Gasteiger partial charge in [0.15, 0.2) is 6.61 Å². The van der Waals surface area contributed by atoms with Gasteiger partial charge in [0, 0.05) is 5.69 Å². The highest BCUT2D eigenvalue weighted by atomic mass is 16.5. The Morgan fingerprint density at radius 3 is 2.67 bits per heavy atom. The minimum atomic E-state index is -0.188. The quantitative estimate of drug-likeness (QED) is 0.872. The number of hydrogen-bond acceptors (Lipinski definition) is 2. The van der Waals surface area contributed by atoms with Crippen LogP contribution in [0.3, 0.4) is 0 Å². The van der Waals surface area contributed by atoms with Crippen LogP contribution in [0, 0.1) is 12.8 Å². The van der Waals surface area contributed by atoms with Crippen LogP contribution >= 0.6 is 0 Å². The third-order valence-corrected chi connectivity index (χ3v) is 3.43. The molecule has 1 aliphatic rings. The first-order valence-electron chi connectivity index (χ1n) is 7.96. The zero-order valence-corrected chi connectivity index (χ0v) is 14.2. The smallest absolute Gasteiger partial charge is 0.262 e. The Balaban J connectivity index is 1.96. The van der Waals surface area contributed by atoms with Crippen LogP contribution in [0.5, 0.6) is 0 Å². The fraction of sp³-hybridized carbons (Fsp3) is 0.190. The maximum atomic E-state index is 12.0. The van der Waals surface area contributed by atoms with E-state index in [-0.39, 0.29) is 18.4 Å². The summed E-state index contributed by atoms with van der Waals surface area (Å²) in [5.41, 5.74) is 2.78. The zero-order chi connectivity index (χ0) is 17.4. The monoisotopic (exact) mass is 321 g/mol. The Hall–Kier alpha value is -2.81. The number of allylic oxidation sites excluding steroid dienone is 8. The molecule has 0 radical (unpaired) electrons. The lowest BCUT2D eigenvalue weighted by molar-refractivity contribution is -0.119. The van der Waals surface area contributed by atoms with Crippen LogP contribution in [0.15, 0.2) is 84.7 Å². The van der Waals surface area contributed by atoms with Crippen molar-refractivity contribution in [3.05, 3.63) is 90.3 Å². The molecule has 0 fully saturated rings. The standard InChI is InChI=1S/C21H23NO2/c1-16-6-4-5-7-18(3)14-20(13-10-16)24-15-21(23)22-19-11-8-17(2)9-12-19/h4-14,18H,1,15H2,2-3H3,(H,22,23)/b6-4-,7-5-,13-10-,20-14+. The van der Waals surface area contributed by atoms with Gasteiger partial charge >= 0.3 is 0 Å². The van der Waals surface area contributed by atoms with Gasteiger partial charge in [-0.25, -0.2) is 0 Å². The molecule has 1 amide bonds. The molecule has 0 bridgehead atoms. The van der Waals surface area contributed by atoms with Gasteiger partial charge in [0.05, 0.1) is 0 Å². The van der Waals surface area contributed by atoms with Crippen molar-refractivity contribution in [2.75, 3.05) is 11.9 Å². The second-order valence-electron chi connectivity index (χ2n) is 5.78. The van der Waals surface area contributed by atoms with Crippen LogP contribution in [0.1, 0.15) is 12.5 Å². The predicted octanol–water partition coefficient (Wildman–Crippen LogP) is 4.71. The molecule has 0 spiro atoms. The molecule has 24 heavy (non-hydrogen) atoms.